The van der Waals surface area contributed by atoms with Crippen molar-refractivity contribution in [2.24, 2.45) is 0 Å². The lowest BCUT2D eigenvalue weighted by atomic mass is 10.0. The van der Waals surface area contributed by atoms with Crippen molar-refractivity contribution in [3.63, 3.8) is 0 Å². The molecule has 0 fully saturated rings. The van der Waals surface area contributed by atoms with Crippen molar-refractivity contribution in [2.75, 3.05) is 54.1 Å². The second kappa shape index (κ2) is 37.4. The van der Waals surface area contributed by atoms with Crippen LogP contribution in [0.5, 0.6) is 0 Å². The molecule has 0 aliphatic heterocycles. The van der Waals surface area contributed by atoms with Crippen molar-refractivity contribution < 1.29 is 37.3 Å². The molecule has 0 radical (unpaired) electrons. The summed E-state index contributed by atoms with van der Waals surface area (Å²) in [6, 6.07) is 0. The molecule has 0 aromatic heterocycles. The first-order valence-electron chi connectivity index (χ1n) is 21.4. The van der Waals surface area contributed by atoms with E-state index in [-0.39, 0.29) is 32.2 Å². The summed E-state index contributed by atoms with van der Waals surface area (Å²) >= 11 is 0. The molecule has 0 saturated carbocycles. The van der Waals surface area contributed by atoms with E-state index < -0.39 is 13.9 Å². The second-order valence-corrected chi connectivity index (χ2v) is 16.8. The standard InChI is InChI=1S/C44H82NO7P/c1-6-8-10-12-14-16-18-20-22-23-24-25-27-29-31-33-35-37-44(46)52-43(42-51-53(47,48)50-40-38-45(3,4)5)41-49-39-36-34-32-30-28-26-21-19-17-15-13-11-9-7-2/h14,16,20,22,24-25,29,31,43H,6-13,15,17-19,21,23,26-28,30,32-42H2,1-5H3/p+1/b16-14-,22-20-,25-24-,31-29-/t43-/m0/s1. The minimum atomic E-state index is -4.29. The number of phosphoric acid groups is 1. The van der Waals surface area contributed by atoms with Gasteiger partial charge in [-0.25, -0.2) is 4.57 Å². The van der Waals surface area contributed by atoms with Gasteiger partial charge < -0.3 is 18.9 Å². The minimum Gasteiger partial charge on any atom is -0.457 e. The third-order valence-corrected chi connectivity index (χ3v) is 9.88. The van der Waals surface area contributed by atoms with E-state index in [1.54, 1.807) is 0 Å². The summed E-state index contributed by atoms with van der Waals surface area (Å²) in [5.74, 6) is -0.367. The fraction of sp³-hybridized carbons (Fsp3) is 0.795. The van der Waals surface area contributed by atoms with Crippen molar-refractivity contribution in [3.05, 3.63) is 48.6 Å². The molecule has 0 aliphatic carbocycles. The highest BCUT2D eigenvalue weighted by molar-refractivity contribution is 7.47. The number of nitrogens with zero attached hydrogens (tertiary/aromatic N) is 1. The Kier molecular flexibility index (Phi) is 36.3. The highest BCUT2D eigenvalue weighted by atomic mass is 31.2. The third kappa shape index (κ3) is 41.5. The van der Waals surface area contributed by atoms with Gasteiger partial charge in [-0.15, -0.1) is 0 Å². The van der Waals surface area contributed by atoms with Gasteiger partial charge in [0.15, 0.2) is 0 Å². The molecule has 53 heavy (non-hydrogen) atoms. The van der Waals surface area contributed by atoms with Crippen LogP contribution in [0.2, 0.25) is 0 Å². The summed E-state index contributed by atoms with van der Waals surface area (Å²) in [6.45, 7) is 5.52. The molecule has 1 unspecified atom stereocenters. The Balaban J connectivity index is 4.36. The molecule has 0 aromatic rings. The Hall–Kier alpha value is -1.54. The zero-order valence-electron chi connectivity index (χ0n) is 35.0. The molecule has 9 heteroatoms. The maximum Gasteiger partial charge on any atom is 0.472 e. The predicted octanol–water partition coefficient (Wildman–Crippen LogP) is 12.4. The molecule has 0 aromatic carbocycles. The quantitative estimate of drug-likeness (QED) is 0.0219. The van der Waals surface area contributed by atoms with Gasteiger partial charge in [0.2, 0.25) is 0 Å². The number of phosphoric ester groups is 1. The number of unbranched alkanes of at least 4 members (excludes halogenated alkanes) is 17. The van der Waals surface area contributed by atoms with Crippen LogP contribution < -0.4 is 0 Å². The van der Waals surface area contributed by atoms with E-state index in [0.717, 1.165) is 38.5 Å². The fourth-order valence-corrected chi connectivity index (χ4v) is 6.29. The number of quaternary nitrogens is 1. The summed E-state index contributed by atoms with van der Waals surface area (Å²) in [5, 5.41) is 0. The molecule has 0 spiro atoms. The number of hydrogen-bond acceptors (Lipinski definition) is 6. The molecular formula is C44H83NO7P+. The van der Waals surface area contributed by atoms with Gasteiger partial charge in [0.1, 0.15) is 19.3 Å². The first-order chi connectivity index (χ1) is 25.6. The van der Waals surface area contributed by atoms with Crippen molar-refractivity contribution in [1.82, 2.24) is 0 Å². The van der Waals surface area contributed by atoms with Crippen LogP contribution in [0.4, 0.5) is 0 Å². The van der Waals surface area contributed by atoms with Gasteiger partial charge >= 0.3 is 13.8 Å². The van der Waals surface area contributed by atoms with Crippen LogP contribution in [-0.2, 0) is 27.9 Å². The Bertz CT molecular complexity index is 989. The first-order valence-corrected chi connectivity index (χ1v) is 22.9. The van der Waals surface area contributed by atoms with Gasteiger partial charge in [0.25, 0.3) is 0 Å². The molecule has 1 N–H and O–H groups in total. The van der Waals surface area contributed by atoms with E-state index in [1.165, 1.54) is 103 Å². The van der Waals surface area contributed by atoms with Crippen LogP contribution in [0.15, 0.2) is 48.6 Å². The van der Waals surface area contributed by atoms with Crippen LogP contribution in [0.25, 0.3) is 0 Å². The molecule has 310 valence electrons. The van der Waals surface area contributed by atoms with Crippen molar-refractivity contribution in [3.8, 4) is 0 Å². The van der Waals surface area contributed by atoms with Crippen molar-refractivity contribution in [1.29, 1.82) is 0 Å². The minimum absolute atomic E-state index is 0.0782. The molecule has 0 amide bonds. The number of ether oxygens (including phenoxy) is 2. The SMILES string of the molecule is CCCCC/C=C\C/C=C\C/C=C\C/C=C\CCCC(=O)O[C@@H](COCCCCCCCCCCCCCCCC)COP(=O)(O)OCC[N+](C)(C)C. The number of likely N-dealkylation sites (N-methyl/N-ethyl adjacent to an activating group) is 1. The van der Waals surface area contributed by atoms with E-state index in [2.05, 4.69) is 62.5 Å². The van der Waals surface area contributed by atoms with Crippen LogP contribution in [0.3, 0.4) is 0 Å². The van der Waals surface area contributed by atoms with Gasteiger partial charge in [-0.05, 0) is 51.4 Å². The van der Waals surface area contributed by atoms with E-state index in [4.69, 9.17) is 18.5 Å². The topological polar surface area (TPSA) is 91.3 Å². The Labute approximate surface area is 327 Å². The van der Waals surface area contributed by atoms with Gasteiger partial charge in [-0.2, -0.15) is 0 Å². The maximum absolute atomic E-state index is 12.6. The van der Waals surface area contributed by atoms with E-state index in [1.807, 2.05) is 21.1 Å². The Morgan fingerprint density at radius 2 is 1.04 bits per heavy atom. The predicted molar refractivity (Wildman–Crippen MR) is 224 cm³/mol. The Morgan fingerprint density at radius 3 is 1.55 bits per heavy atom. The molecule has 8 nitrogen and oxygen atoms in total. The third-order valence-electron chi connectivity index (χ3n) is 8.89. The lowest BCUT2D eigenvalue weighted by molar-refractivity contribution is -0.870. The van der Waals surface area contributed by atoms with Crippen LogP contribution in [0, 0.1) is 0 Å². The number of esters is 1. The number of hydrogen-bond donors (Lipinski definition) is 1. The first kappa shape index (κ1) is 51.5. The van der Waals surface area contributed by atoms with Crippen molar-refractivity contribution in [2.45, 2.75) is 174 Å². The van der Waals surface area contributed by atoms with Gasteiger partial charge in [-0.1, -0.05) is 159 Å². The zero-order valence-corrected chi connectivity index (χ0v) is 35.9. The normalized spacial score (nSPS) is 14.3. The fourth-order valence-electron chi connectivity index (χ4n) is 5.54. The summed E-state index contributed by atoms with van der Waals surface area (Å²) < 4.78 is 34.9. The van der Waals surface area contributed by atoms with E-state index in [0.29, 0.717) is 24.1 Å². The summed E-state index contributed by atoms with van der Waals surface area (Å²) in [7, 11) is 1.63. The summed E-state index contributed by atoms with van der Waals surface area (Å²) in [6.07, 6.45) is 44.3. The monoisotopic (exact) mass is 769 g/mol. The second-order valence-electron chi connectivity index (χ2n) is 15.4. The van der Waals surface area contributed by atoms with Gasteiger partial charge in [0, 0.05) is 13.0 Å². The summed E-state index contributed by atoms with van der Waals surface area (Å²) in [4.78, 5) is 22.8. The molecule has 2 atom stereocenters. The highest BCUT2D eigenvalue weighted by Gasteiger charge is 2.26. The lowest BCUT2D eigenvalue weighted by Gasteiger charge is -2.24. The van der Waals surface area contributed by atoms with Gasteiger partial charge in [0.05, 0.1) is 34.4 Å². The molecule has 0 saturated heterocycles. The lowest BCUT2D eigenvalue weighted by Crippen LogP contribution is -2.37. The smallest absolute Gasteiger partial charge is 0.457 e. The van der Waals surface area contributed by atoms with Crippen LogP contribution in [-0.4, -0.2) is 75.6 Å². The van der Waals surface area contributed by atoms with Crippen LogP contribution in [0.1, 0.15) is 168 Å². The Morgan fingerprint density at radius 1 is 0.585 bits per heavy atom. The molecule has 0 heterocycles. The highest BCUT2D eigenvalue weighted by Crippen LogP contribution is 2.43. The van der Waals surface area contributed by atoms with E-state index in [9.17, 15) is 14.3 Å². The molecule has 0 rings (SSSR count). The molecular weight excluding hydrogens is 685 g/mol. The largest absolute Gasteiger partial charge is 0.472 e. The number of rotatable bonds is 39. The maximum atomic E-state index is 12.6. The average Bonchev–Trinajstić information content (AvgIpc) is 3.11. The zero-order chi connectivity index (χ0) is 39.1. The number of carbonyl (C=O) groups excluding carboxylic acids is 1. The molecule has 0 aliphatic rings. The van der Waals surface area contributed by atoms with E-state index >= 15 is 0 Å². The number of carbonyl (C=O) groups is 1. The average molecular weight is 769 g/mol. The molecule has 0 bridgehead atoms. The number of allylic oxidation sites excluding steroid dienone is 8. The van der Waals surface area contributed by atoms with Crippen molar-refractivity contribution >= 4 is 13.8 Å². The van der Waals surface area contributed by atoms with Crippen LogP contribution >= 0.6 is 7.82 Å². The van der Waals surface area contributed by atoms with Gasteiger partial charge in [-0.3, -0.25) is 13.8 Å². The summed E-state index contributed by atoms with van der Waals surface area (Å²) in [5.41, 5.74) is 0.